The van der Waals surface area contributed by atoms with Crippen LogP contribution < -0.4 is 10.6 Å². The average molecular weight is 428 g/mol. The molecule has 0 spiro atoms. The third-order valence-corrected chi connectivity index (χ3v) is 5.41. The lowest BCUT2D eigenvalue weighted by molar-refractivity contribution is -0.111. The van der Waals surface area contributed by atoms with Gasteiger partial charge in [0.15, 0.2) is 0 Å². The second-order valence-electron chi connectivity index (χ2n) is 7.88. The number of esters is 1. The summed E-state index contributed by atoms with van der Waals surface area (Å²) in [6.45, 7) is 1.85. The summed E-state index contributed by atoms with van der Waals surface area (Å²) in [7, 11) is 1.27. The van der Waals surface area contributed by atoms with Crippen molar-refractivity contribution in [3.05, 3.63) is 83.4 Å². The van der Waals surface area contributed by atoms with Crippen LogP contribution in [0.5, 0.6) is 0 Å². The maximum atomic E-state index is 12.8. The molecule has 0 heterocycles. The van der Waals surface area contributed by atoms with E-state index in [9.17, 15) is 14.4 Å². The van der Waals surface area contributed by atoms with Gasteiger partial charge in [-0.05, 0) is 65.9 Å². The van der Waals surface area contributed by atoms with Crippen LogP contribution in [0.2, 0.25) is 0 Å². The lowest BCUT2D eigenvalue weighted by Gasteiger charge is -2.12. The van der Waals surface area contributed by atoms with Crippen molar-refractivity contribution >= 4 is 39.8 Å². The molecule has 1 fully saturated rings. The Morgan fingerprint density at radius 1 is 0.938 bits per heavy atom. The molecule has 1 aliphatic carbocycles. The second-order valence-corrected chi connectivity index (χ2v) is 7.88. The highest BCUT2D eigenvalue weighted by molar-refractivity contribution is 6.09. The molecule has 0 aromatic heterocycles. The van der Waals surface area contributed by atoms with E-state index in [2.05, 4.69) is 10.6 Å². The molecule has 3 aromatic rings. The van der Waals surface area contributed by atoms with Gasteiger partial charge in [-0.1, -0.05) is 36.4 Å². The van der Waals surface area contributed by atoms with E-state index in [4.69, 9.17) is 4.74 Å². The van der Waals surface area contributed by atoms with Crippen molar-refractivity contribution in [3.8, 4) is 0 Å². The smallest absolute Gasteiger partial charge is 0.339 e. The number of benzene rings is 3. The minimum atomic E-state index is -0.593. The quantitative estimate of drug-likeness (QED) is 0.445. The highest BCUT2D eigenvalue weighted by Crippen LogP contribution is 2.24. The maximum Gasteiger partial charge on any atom is 0.339 e. The maximum absolute atomic E-state index is 12.8. The first-order valence-electron chi connectivity index (χ1n) is 10.5. The van der Waals surface area contributed by atoms with E-state index in [1.165, 1.54) is 25.3 Å². The average Bonchev–Trinajstić information content (AvgIpc) is 3.62. The summed E-state index contributed by atoms with van der Waals surface area (Å²) in [5.41, 5.74) is 2.48. The summed E-state index contributed by atoms with van der Waals surface area (Å²) in [6, 6.07) is 18.7. The van der Waals surface area contributed by atoms with E-state index in [0.717, 1.165) is 34.8 Å². The molecule has 0 unspecified atom stereocenters. The van der Waals surface area contributed by atoms with E-state index in [1.54, 1.807) is 6.07 Å². The van der Waals surface area contributed by atoms with E-state index >= 15 is 0 Å². The SMILES string of the molecule is COC(=O)c1ccc(C(=O)NC2CC2)cc1NC(=O)/C=C(/C)c1ccc2ccccc2c1. The first-order valence-corrected chi connectivity index (χ1v) is 10.5. The Kier molecular flexibility index (Phi) is 6.03. The summed E-state index contributed by atoms with van der Waals surface area (Å²) >= 11 is 0. The molecule has 0 aliphatic heterocycles. The van der Waals surface area contributed by atoms with Gasteiger partial charge in [0.1, 0.15) is 0 Å². The van der Waals surface area contributed by atoms with Crippen molar-refractivity contribution in [1.82, 2.24) is 5.32 Å². The summed E-state index contributed by atoms with van der Waals surface area (Å²) in [6.07, 6.45) is 3.41. The monoisotopic (exact) mass is 428 g/mol. The molecule has 2 N–H and O–H groups in total. The zero-order valence-corrected chi connectivity index (χ0v) is 18.0. The van der Waals surface area contributed by atoms with E-state index in [1.807, 2.05) is 49.4 Å². The Labute approximate surface area is 186 Å². The highest BCUT2D eigenvalue weighted by atomic mass is 16.5. The number of hydrogen-bond acceptors (Lipinski definition) is 4. The van der Waals surface area contributed by atoms with Gasteiger partial charge in [-0.3, -0.25) is 9.59 Å². The van der Waals surface area contributed by atoms with Crippen molar-refractivity contribution in [1.29, 1.82) is 0 Å². The Morgan fingerprint density at radius 3 is 2.38 bits per heavy atom. The molecule has 32 heavy (non-hydrogen) atoms. The highest BCUT2D eigenvalue weighted by Gasteiger charge is 2.24. The fourth-order valence-corrected chi connectivity index (χ4v) is 3.46. The number of carbonyl (C=O) groups is 3. The van der Waals surface area contributed by atoms with Crippen molar-refractivity contribution in [2.24, 2.45) is 0 Å². The fraction of sp³-hybridized carbons (Fsp3) is 0.192. The molecule has 0 atom stereocenters. The van der Waals surface area contributed by atoms with Gasteiger partial charge in [0.25, 0.3) is 5.91 Å². The van der Waals surface area contributed by atoms with Gasteiger partial charge in [-0.2, -0.15) is 0 Å². The minimum Gasteiger partial charge on any atom is -0.465 e. The third kappa shape index (κ3) is 4.86. The minimum absolute atomic E-state index is 0.181. The molecule has 1 saturated carbocycles. The summed E-state index contributed by atoms with van der Waals surface area (Å²) in [4.78, 5) is 37.3. The topological polar surface area (TPSA) is 84.5 Å². The van der Waals surface area contributed by atoms with E-state index in [0.29, 0.717) is 5.56 Å². The molecule has 0 saturated heterocycles. The van der Waals surface area contributed by atoms with Crippen LogP contribution in [0.25, 0.3) is 16.3 Å². The third-order valence-electron chi connectivity index (χ3n) is 5.41. The largest absolute Gasteiger partial charge is 0.465 e. The van der Waals surface area contributed by atoms with Gasteiger partial charge < -0.3 is 15.4 Å². The number of anilines is 1. The number of allylic oxidation sites excluding steroid dienone is 1. The van der Waals surface area contributed by atoms with Crippen molar-refractivity contribution in [2.45, 2.75) is 25.8 Å². The number of amides is 2. The van der Waals surface area contributed by atoms with Gasteiger partial charge in [0.2, 0.25) is 5.91 Å². The van der Waals surface area contributed by atoms with E-state index < -0.39 is 11.9 Å². The fourth-order valence-electron chi connectivity index (χ4n) is 3.46. The van der Waals surface area contributed by atoms with Crippen LogP contribution in [-0.2, 0) is 9.53 Å². The van der Waals surface area contributed by atoms with E-state index in [-0.39, 0.29) is 23.2 Å². The summed E-state index contributed by atoms with van der Waals surface area (Å²) < 4.78 is 4.82. The number of carbonyl (C=O) groups excluding carboxylic acids is 3. The Hall–Kier alpha value is -3.93. The predicted octanol–water partition coefficient (Wildman–Crippen LogP) is 4.56. The van der Waals surface area contributed by atoms with Gasteiger partial charge >= 0.3 is 5.97 Å². The molecule has 162 valence electrons. The lowest BCUT2D eigenvalue weighted by atomic mass is 10.0. The first kappa shape index (κ1) is 21.3. The molecule has 3 aromatic carbocycles. The van der Waals surface area contributed by atoms with Crippen LogP contribution in [0.1, 0.15) is 46.0 Å². The van der Waals surface area contributed by atoms with Crippen molar-refractivity contribution in [2.75, 3.05) is 12.4 Å². The summed E-state index contributed by atoms with van der Waals surface area (Å²) in [5, 5.41) is 7.84. The van der Waals surface area contributed by atoms with Gasteiger partial charge in [0, 0.05) is 17.7 Å². The van der Waals surface area contributed by atoms with Crippen LogP contribution in [-0.4, -0.2) is 30.9 Å². The summed E-state index contributed by atoms with van der Waals surface area (Å²) in [5.74, 6) is -1.23. The zero-order chi connectivity index (χ0) is 22.7. The van der Waals surface area contributed by atoms with Crippen LogP contribution in [0.3, 0.4) is 0 Å². The van der Waals surface area contributed by atoms with Gasteiger partial charge in [-0.25, -0.2) is 4.79 Å². The van der Waals surface area contributed by atoms with Crippen LogP contribution >= 0.6 is 0 Å². The zero-order valence-electron chi connectivity index (χ0n) is 18.0. The normalized spacial score (nSPS) is 13.5. The molecular weight excluding hydrogens is 404 g/mol. The molecule has 4 rings (SSSR count). The van der Waals surface area contributed by atoms with Crippen molar-refractivity contribution in [3.63, 3.8) is 0 Å². The molecule has 0 bridgehead atoms. The predicted molar refractivity (Wildman–Crippen MR) is 124 cm³/mol. The first-order chi connectivity index (χ1) is 15.4. The van der Waals surface area contributed by atoms with Crippen molar-refractivity contribution < 1.29 is 19.1 Å². The second kappa shape index (κ2) is 9.06. The Morgan fingerprint density at radius 2 is 1.66 bits per heavy atom. The number of fused-ring (bicyclic) bond motifs is 1. The standard InChI is InChI=1S/C26H24N2O4/c1-16(18-8-7-17-5-3-4-6-19(17)14-18)13-24(29)28-23-15-20(25(30)27-21-10-11-21)9-12-22(23)26(31)32-2/h3-9,12-15,21H,10-11H2,1-2H3,(H,27,30)(H,28,29)/b16-13-. The molecular formula is C26H24N2O4. The Balaban J connectivity index is 1.58. The lowest BCUT2D eigenvalue weighted by Crippen LogP contribution is -2.25. The molecule has 0 radical (unpaired) electrons. The number of ether oxygens (including phenoxy) is 1. The molecule has 1 aliphatic rings. The van der Waals surface area contributed by atoms with Crippen LogP contribution in [0, 0.1) is 0 Å². The van der Waals surface area contributed by atoms with Crippen LogP contribution in [0.15, 0.2) is 66.7 Å². The number of nitrogens with one attached hydrogen (secondary N) is 2. The molecule has 6 heteroatoms. The number of hydrogen-bond donors (Lipinski definition) is 2. The van der Waals surface area contributed by atoms with Crippen LogP contribution in [0.4, 0.5) is 5.69 Å². The van der Waals surface area contributed by atoms with Gasteiger partial charge in [-0.15, -0.1) is 0 Å². The van der Waals surface area contributed by atoms with Gasteiger partial charge in [0.05, 0.1) is 18.4 Å². The molecule has 2 amide bonds. The number of methoxy groups -OCH3 is 1. The number of rotatable bonds is 6. The molecule has 6 nitrogen and oxygen atoms in total. The Bertz CT molecular complexity index is 1240.